The van der Waals surface area contributed by atoms with Gasteiger partial charge in [-0.25, -0.2) is 8.78 Å². The van der Waals surface area contributed by atoms with E-state index in [1.807, 2.05) is 0 Å². The first-order chi connectivity index (χ1) is 9.70. The summed E-state index contributed by atoms with van der Waals surface area (Å²) in [5.41, 5.74) is 2.35. The molecule has 0 fully saturated rings. The second kappa shape index (κ2) is 6.57. The van der Waals surface area contributed by atoms with Gasteiger partial charge in [0.05, 0.1) is 0 Å². The van der Waals surface area contributed by atoms with Crippen LogP contribution in [0, 0.1) is 11.6 Å². The van der Waals surface area contributed by atoms with E-state index in [1.54, 1.807) is 36.4 Å². The molecule has 0 saturated heterocycles. The fourth-order valence-electron chi connectivity index (χ4n) is 1.82. The highest BCUT2D eigenvalue weighted by Gasteiger charge is 2.04. The van der Waals surface area contributed by atoms with Crippen LogP contribution in [0.5, 0.6) is 0 Å². The summed E-state index contributed by atoms with van der Waals surface area (Å²) in [6, 6.07) is 12.0. The van der Waals surface area contributed by atoms with Crippen molar-refractivity contribution < 1.29 is 13.6 Å². The molecular weight excluding hydrogens is 258 g/mol. The molecular formula is C17H12F2O. The zero-order chi connectivity index (χ0) is 14.4. The quantitative estimate of drug-likeness (QED) is 0.463. The van der Waals surface area contributed by atoms with Gasteiger partial charge in [0.15, 0.2) is 0 Å². The molecule has 0 radical (unpaired) electrons. The molecule has 100 valence electrons. The molecule has 0 spiro atoms. The predicted octanol–water partition coefficient (Wildman–Crippen LogP) is 4.15. The Bertz CT molecular complexity index is 590. The third-order valence-electron chi connectivity index (χ3n) is 2.76. The number of rotatable bonds is 4. The van der Waals surface area contributed by atoms with E-state index in [2.05, 4.69) is 0 Å². The maximum absolute atomic E-state index is 13.0. The van der Waals surface area contributed by atoms with Crippen molar-refractivity contribution in [3.05, 3.63) is 89.5 Å². The molecule has 1 nitrogen and oxygen atoms in total. The molecule has 0 N–H and O–H groups in total. The van der Waals surface area contributed by atoms with Crippen LogP contribution in [0.15, 0.2) is 66.8 Å². The summed E-state index contributed by atoms with van der Waals surface area (Å²) in [6.45, 7) is 0. The van der Waals surface area contributed by atoms with Crippen LogP contribution >= 0.6 is 0 Å². The van der Waals surface area contributed by atoms with Crippen LogP contribution in [0.4, 0.5) is 8.78 Å². The van der Waals surface area contributed by atoms with Gasteiger partial charge in [0.1, 0.15) is 17.9 Å². The Kier molecular flexibility index (Phi) is 4.56. The van der Waals surface area contributed by atoms with Gasteiger partial charge >= 0.3 is 0 Å². The van der Waals surface area contributed by atoms with E-state index in [-0.39, 0.29) is 11.6 Å². The lowest BCUT2D eigenvalue weighted by Gasteiger charge is -2.08. The number of carbonyl (C=O) groups is 1. The first-order valence-electron chi connectivity index (χ1n) is 6.05. The van der Waals surface area contributed by atoms with Gasteiger partial charge in [0, 0.05) is 0 Å². The number of hydrogen-bond donors (Lipinski definition) is 0. The summed E-state index contributed by atoms with van der Waals surface area (Å²) in [6.07, 6.45) is 5.35. The molecule has 0 atom stereocenters. The molecule has 0 amide bonds. The van der Waals surface area contributed by atoms with Gasteiger partial charge < -0.3 is 0 Å². The molecule has 0 aliphatic heterocycles. The third-order valence-corrected chi connectivity index (χ3v) is 2.76. The molecule has 0 heterocycles. The lowest BCUT2D eigenvalue weighted by molar-refractivity contribution is -0.104. The lowest BCUT2D eigenvalue weighted by Crippen LogP contribution is -1.89. The Labute approximate surface area is 115 Å². The fraction of sp³-hybridized carbons (Fsp3) is 0. The largest absolute Gasteiger partial charge is 0.299 e. The molecule has 0 bridgehead atoms. The molecule has 0 aliphatic carbocycles. The molecule has 20 heavy (non-hydrogen) atoms. The smallest absolute Gasteiger partial charge is 0.142 e. The standard InChI is InChI=1S/C17H12F2O/c18-15-8-4-13(5-9-15)17(3-1-2-12-20)14-6-10-16(19)11-7-14/h1-12H. The SMILES string of the molecule is O=CC=CC=C(c1ccc(F)cc1)c1ccc(F)cc1. The Balaban J connectivity index is 2.46. The monoisotopic (exact) mass is 270 g/mol. The fourth-order valence-corrected chi connectivity index (χ4v) is 1.82. The second-order valence-corrected chi connectivity index (χ2v) is 4.12. The van der Waals surface area contributed by atoms with E-state index >= 15 is 0 Å². The van der Waals surface area contributed by atoms with Crippen LogP contribution < -0.4 is 0 Å². The van der Waals surface area contributed by atoms with Crippen molar-refractivity contribution in [1.82, 2.24) is 0 Å². The highest BCUT2D eigenvalue weighted by atomic mass is 19.1. The van der Waals surface area contributed by atoms with Crippen molar-refractivity contribution in [3.8, 4) is 0 Å². The average Bonchev–Trinajstić information content (AvgIpc) is 2.46. The molecule has 0 aliphatic rings. The zero-order valence-electron chi connectivity index (χ0n) is 10.6. The van der Waals surface area contributed by atoms with Crippen molar-refractivity contribution in [2.24, 2.45) is 0 Å². The molecule has 0 unspecified atom stereocenters. The van der Waals surface area contributed by atoms with Crippen LogP contribution in [0.2, 0.25) is 0 Å². The van der Waals surface area contributed by atoms with Crippen LogP contribution in [-0.2, 0) is 4.79 Å². The van der Waals surface area contributed by atoms with Crippen molar-refractivity contribution in [1.29, 1.82) is 0 Å². The van der Waals surface area contributed by atoms with E-state index in [4.69, 9.17) is 0 Å². The van der Waals surface area contributed by atoms with Crippen LogP contribution in [0.1, 0.15) is 11.1 Å². The van der Waals surface area contributed by atoms with Gasteiger partial charge in [-0.2, -0.15) is 0 Å². The first kappa shape index (κ1) is 13.9. The molecule has 3 heteroatoms. The number of hydrogen-bond acceptors (Lipinski definition) is 1. The maximum atomic E-state index is 13.0. The van der Waals surface area contributed by atoms with E-state index in [0.29, 0.717) is 6.29 Å². The zero-order valence-corrected chi connectivity index (χ0v) is 10.6. The molecule has 2 aromatic carbocycles. The number of allylic oxidation sites excluding steroid dienone is 3. The molecule has 2 rings (SSSR count). The molecule has 2 aromatic rings. The Hall–Kier alpha value is -2.55. The summed E-state index contributed by atoms with van der Waals surface area (Å²) in [4.78, 5) is 10.3. The summed E-state index contributed by atoms with van der Waals surface area (Å²) < 4.78 is 26.0. The summed E-state index contributed by atoms with van der Waals surface area (Å²) in [5, 5.41) is 0. The topological polar surface area (TPSA) is 17.1 Å². The van der Waals surface area contributed by atoms with E-state index in [0.717, 1.165) is 16.7 Å². The van der Waals surface area contributed by atoms with Crippen LogP contribution in [-0.4, -0.2) is 6.29 Å². The highest BCUT2D eigenvalue weighted by molar-refractivity contribution is 5.81. The van der Waals surface area contributed by atoms with Gasteiger partial charge in [0.2, 0.25) is 0 Å². The highest BCUT2D eigenvalue weighted by Crippen LogP contribution is 2.24. The van der Waals surface area contributed by atoms with Crippen molar-refractivity contribution in [2.45, 2.75) is 0 Å². The van der Waals surface area contributed by atoms with E-state index in [9.17, 15) is 13.6 Å². The van der Waals surface area contributed by atoms with E-state index < -0.39 is 0 Å². The lowest BCUT2D eigenvalue weighted by atomic mass is 9.97. The summed E-state index contributed by atoms with van der Waals surface area (Å²) in [7, 11) is 0. The first-order valence-corrected chi connectivity index (χ1v) is 6.05. The number of halogens is 2. The van der Waals surface area contributed by atoms with Crippen LogP contribution in [0.3, 0.4) is 0 Å². The number of carbonyl (C=O) groups excluding carboxylic acids is 1. The number of aldehydes is 1. The second-order valence-electron chi connectivity index (χ2n) is 4.12. The van der Waals surface area contributed by atoms with Gasteiger partial charge in [-0.15, -0.1) is 0 Å². The maximum Gasteiger partial charge on any atom is 0.142 e. The Morgan fingerprint density at radius 1 is 0.750 bits per heavy atom. The van der Waals surface area contributed by atoms with Gasteiger partial charge in [-0.1, -0.05) is 36.4 Å². The summed E-state index contributed by atoms with van der Waals surface area (Å²) in [5.74, 6) is -0.647. The van der Waals surface area contributed by atoms with Crippen molar-refractivity contribution >= 4 is 11.9 Å². The Morgan fingerprint density at radius 3 is 1.60 bits per heavy atom. The minimum absolute atomic E-state index is 0.323. The minimum atomic E-state index is -0.323. The molecule has 0 saturated carbocycles. The van der Waals surface area contributed by atoms with Gasteiger partial charge in [0.25, 0.3) is 0 Å². The normalized spacial score (nSPS) is 10.5. The van der Waals surface area contributed by atoms with Gasteiger partial charge in [-0.3, -0.25) is 4.79 Å². The predicted molar refractivity (Wildman–Crippen MR) is 75.1 cm³/mol. The van der Waals surface area contributed by atoms with Crippen LogP contribution in [0.25, 0.3) is 5.57 Å². The Morgan fingerprint density at radius 2 is 1.20 bits per heavy atom. The average molecular weight is 270 g/mol. The molecule has 0 aromatic heterocycles. The minimum Gasteiger partial charge on any atom is -0.299 e. The van der Waals surface area contributed by atoms with Crippen molar-refractivity contribution in [3.63, 3.8) is 0 Å². The number of benzene rings is 2. The van der Waals surface area contributed by atoms with Gasteiger partial charge in [-0.05, 0) is 47.0 Å². The van der Waals surface area contributed by atoms with Crippen molar-refractivity contribution in [2.75, 3.05) is 0 Å². The van der Waals surface area contributed by atoms with E-state index in [1.165, 1.54) is 30.3 Å². The third kappa shape index (κ3) is 3.48. The summed E-state index contributed by atoms with van der Waals surface area (Å²) >= 11 is 0.